The van der Waals surface area contributed by atoms with Crippen LogP contribution < -0.4 is 10.6 Å². The molecule has 4 nitrogen and oxygen atoms in total. The van der Waals surface area contributed by atoms with Crippen molar-refractivity contribution in [2.24, 2.45) is 0 Å². The molecule has 1 aromatic rings. The maximum absolute atomic E-state index is 11.9. The van der Waals surface area contributed by atoms with Crippen molar-refractivity contribution in [3.8, 4) is 0 Å². The molecule has 0 radical (unpaired) electrons. The third-order valence-corrected chi connectivity index (χ3v) is 3.08. The molecule has 92 valence electrons. The molecule has 0 spiro atoms. The summed E-state index contributed by atoms with van der Waals surface area (Å²) in [5, 5.41) is 6.07. The molecule has 0 aliphatic carbocycles. The summed E-state index contributed by atoms with van der Waals surface area (Å²) >= 11 is 0. The Bertz CT molecular complexity index is 454. The van der Waals surface area contributed by atoms with Gasteiger partial charge in [-0.1, -0.05) is 0 Å². The molecule has 1 aliphatic heterocycles. The SMILES string of the molecule is CC(C(=O)NC(C)c1ccc(C)o1)=C1CNC1. The molecule has 2 heterocycles. The fourth-order valence-electron chi connectivity index (χ4n) is 1.74. The van der Waals surface area contributed by atoms with Crippen LogP contribution in [0, 0.1) is 6.92 Å². The van der Waals surface area contributed by atoms with E-state index in [1.165, 1.54) is 5.57 Å². The molecule has 1 atom stereocenters. The van der Waals surface area contributed by atoms with Gasteiger partial charge in [0.05, 0.1) is 6.04 Å². The minimum absolute atomic E-state index is 0.0111. The average Bonchev–Trinajstić information content (AvgIpc) is 2.62. The number of amides is 1. The Kier molecular flexibility index (Phi) is 3.33. The Labute approximate surface area is 101 Å². The third kappa shape index (κ3) is 2.58. The lowest BCUT2D eigenvalue weighted by atomic mass is 10.0. The number of nitrogens with one attached hydrogen (secondary N) is 2. The van der Waals surface area contributed by atoms with Gasteiger partial charge in [0.2, 0.25) is 5.91 Å². The fraction of sp³-hybridized carbons (Fsp3) is 0.462. The second-order valence-corrected chi connectivity index (χ2v) is 4.48. The van der Waals surface area contributed by atoms with Gasteiger partial charge in [0.1, 0.15) is 11.5 Å². The zero-order valence-corrected chi connectivity index (χ0v) is 10.5. The maximum Gasteiger partial charge on any atom is 0.247 e. The molecule has 1 unspecified atom stereocenters. The Balaban J connectivity index is 1.99. The van der Waals surface area contributed by atoms with E-state index in [4.69, 9.17) is 4.42 Å². The molecule has 17 heavy (non-hydrogen) atoms. The molecule has 1 aliphatic rings. The monoisotopic (exact) mass is 234 g/mol. The zero-order chi connectivity index (χ0) is 12.4. The molecule has 1 fully saturated rings. The summed E-state index contributed by atoms with van der Waals surface area (Å²) in [5.74, 6) is 1.64. The second kappa shape index (κ2) is 4.75. The van der Waals surface area contributed by atoms with Crippen LogP contribution in [-0.2, 0) is 4.79 Å². The van der Waals surface area contributed by atoms with Crippen LogP contribution in [0.2, 0.25) is 0 Å². The Morgan fingerprint density at radius 1 is 1.47 bits per heavy atom. The number of aryl methyl sites for hydroxylation is 1. The molecule has 1 amide bonds. The minimum Gasteiger partial charge on any atom is -0.464 e. The second-order valence-electron chi connectivity index (χ2n) is 4.48. The predicted octanol–water partition coefficient (Wildman–Crippen LogP) is 1.68. The summed E-state index contributed by atoms with van der Waals surface area (Å²) in [6, 6.07) is 3.70. The van der Waals surface area contributed by atoms with Gasteiger partial charge in [-0.2, -0.15) is 0 Å². The van der Waals surface area contributed by atoms with Gasteiger partial charge in [0.25, 0.3) is 0 Å². The van der Waals surface area contributed by atoms with Crippen LogP contribution in [0.15, 0.2) is 27.7 Å². The predicted molar refractivity (Wildman–Crippen MR) is 65.6 cm³/mol. The van der Waals surface area contributed by atoms with Crippen LogP contribution in [0.3, 0.4) is 0 Å². The lowest BCUT2D eigenvalue weighted by Crippen LogP contribution is -2.38. The highest BCUT2D eigenvalue weighted by Gasteiger charge is 2.18. The van der Waals surface area contributed by atoms with Gasteiger partial charge in [-0.15, -0.1) is 0 Å². The van der Waals surface area contributed by atoms with E-state index in [0.29, 0.717) is 0 Å². The summed E-state index contributed by atoms with van der Waals surface area (Å²) < 4.78 is 5.48. The standard InChI is InChI=1S/C13H18N2O2/c1-8-4-5-12(17-8)10(3)15-13(16)9(2)11-6-14-7-11/h4-5,10,14H,6-7H2,1-3H3,(H,15,16). The first-order chi connectivity index (χ1) is 8.08. The zero-order valence-electron chi connectivity index (χ0n) is 10.5. The van der Waals surface area contributed by atoms with Crippen molar-refractivity contribution in [1.29, 1.82) is 0 Å². The van der Waals surface area contributed by atoms with Gasteiger partial charge >= 0.3 is 0 Å². The summed E-state index contributed by atoms with van der Waals surface area (Å²) in [7, 11) is 0. The number of carbonyl (C=O) groups is 1. The molecule has 2 N–H and O–H groups in total. The van der Waals surface area contributed by atoms with E-state index in [0.717, 1.165) is 30.2 Å². The highest BCUT2D eigenvalue weighted by Crippen LogP contribution is 2.17. The van der Waals surface area contributed by atoms with Crippen LogP contribution in [0.5, 0.6) is 0 Å². The maximum atomic E-state index is 11.9. The van der Waals surface area contributed by atoms with Gasteiger partial charge in [-0.3, -0.25) is 4.79 Å². The van der Waals surface area contributed by atoms with Crippen LogP contribution in [0.25, 0.3) is 0 Å². The van der Waals surface area contributed by atoms with Gasteiger partial charge in [0.15, 0.2) is 0 Å². The molecule has 4 heteroatoms. The van der Waals surface area contributed by atoms with E-state index in [9.17, 15) is 4.79 Å². The Morgan fingerprint density at radius 2 is 2.18 bits per heavy atom. The molecule has 0 saturated carbocycles. The van der Waals surface area contributed by atoms with E-state index in [1.54, 1.807) is 0 Å². The summed E-state index contributed by atoms with van der Waals surface area (Å²) in [4.78, 5) is 11.9. The van der Waals surface area contributed by atoms with Crippen molar-refractivity contribution in [1.82, 2.24) is 10.6 Å². The van der Waals surface area contributed by atoms with Crippen LogP contribution in [0.4, 0.5) is 0 Å². The Hall–Kier alpha value is -1.55. The number of hydrogen-bond donors (Lipinski definition) is 2. The largest absolute Gasteiger partial charge is 0.464 e. The molecular formula is C13H18N2O2. The molecule has 1 aromatic heterocycles. The number of furan rings is 1. The van der Waals surface area contributed by atoms with E-state index < -0.39 is 0 Å². The van der Waals surface area contributed by atoms with Crippen LogP contribution >= 0.6 is 0 Å². The van der Waals surface area contributed by atoms with Crippen molar-refractivity contribution in [2.75, 3.05) is 13.1 Å². The first-order valence-electron chi connectivity index (χ1n) is 5.84. The smallest absolute Gasteiger partial charge is 0.247 e. The van der Waals surface area contributed by atoms with Crippen molar-refractivity contribution in [3.63, 3.8) is 0 Å². The Morgan fingerprint density at radius 3 is 2.65 bits per heavy atom. The highest BCUT2D eigenvalue weighted by atomic mass is 16.3. The summed E-state index contributed by atoms with van der Waals surface area (Å²) in [6.45, 7) is 7.34. The van der Waals surface area contributed by atoms with Gasteiger partial charge in [-0.05, 0) is 38.5 Å². The first kappa shape index (κ1) is 11.9. The molecular weight excluding hydrogens is 216 g/mol. The number of rotatable bonds is 3. The number of hydrogen-bond acceptors (Lipinski definition) is 3. The van der Waals surface area contributed by atoms with E-state index in [2.05, 4.69) is 10.6 Å². The number of carbonyl (C=O) groups excluding carboxylic acids is 1. The average molecular weight is 234 g/mol. The van der Waals surface area contributed by atoms with Crippen molar-refractivity contribution >= 4 is 5.91 Å². The highest BCUT2D eigenvalue weighted by molar-refractivity contribution is 5.94. The molecule has 0 aromatic carbocycles. The van der Waals surface area contributed by atoms with E-state index in [-0.39, 0.29) is 11.9 Å². The van der Waals surface area contributed by atoms with Crippen LogP contribution in [0.1, 0.15) is 31.4 Å². The quantitative estimate of drug-likeness (QED) is 0.782. The van der Waals surface area contributed by atoms with Crippen molar-refractivity contribution in [2.45, 2.75) is 26.8 Å². The lowest BCUT2D eigenvalue weighted by Gasteiger charge is -2.22. The normalized spacial score (nSPS) is 16.3. The van der Waals surface area contributed by atoms with Gasteiger partial charge < -0.3 is 15.1 Å². The van der Waals surface area contributed by atoms with Gasteiger partial charge in [0, 0.05) is 18.7 Å². The topological polar surface area (TPSA) is 54.3 Å². The third-order valence-electron chi connectivity index (χ3n) is 3.08. The van der Waals surface area contributed by atoms with Crippen molar-refractivity contribution in [3.05, 3.63) is 34.8 Å². The molecule has 0 bridgehead atoms. The molecule has 1 saturated heterocycles. The van der Waals surface area contributed by atoms with Gasteiger partial charge in [-0.25, -0.2) is 0 Å². The minimum atomic E-state index is -0.0974. The summed E-state index contributed by atoms with van der Waals surface area (Å²) in [6.07, 6.45) is 0. The van der Waals surface area contributed by atoms with E-state index in [1.807, 2.05) is 32.9 Å². The van der Waals surface area contributed by atoms with Crippen molar-refractivity contribution < 1.29 is 9.21 Å². The fourth-order valence-corrected chi connectivity index (χ4v) is 1.74. The summed E-state index contributed by atoms with van der Waals surface area (Å²) in [5.41, 5.74) is 2.00. The molecule has 2 rings (SSSR count). The van der Waals surface area contributed by atoms with E-state index >= 15 is 0 Å². The first-order valence-corrected chi connectivity index (χ1v) is 5.84. The lowest BCUT2D eigenvalue weighted by molar-refractivity contribution is -0.118. The van der Waals surface area contributed by atoms with Crippen LogP contribution in [-0.4, -0.2) is 19.0 Å².